The minimum Gasteiger partial charge on any atom is -0.349 e. The fraction of sp³-hybridized carbons (Fsp3) is 0.459. The van der Waals surface area contributed by atoms with Crippen molar-refractivity contribution in [2.45, 2.75) is 77.7 Å². The van der Waals surface area contributed by atoms with E-state index in [9.17, 15) is 24.0 Å². The summed E-state index contributed by atoms with van der Waals surface area (Å²) in [6, 6.07) is 15.3. The summed E-state index contributed by atoms with van der Waals surface area (Å²) in [6.07, 6.45) is 1.10. The molecule has 1 fully saturated rings. The van der Waals surface area contributed by atoms with Crippen LogP contribution in [-0.2, 0) is 19.2 Å². The topological polar surface area (TPSA) is 174 Å². The SMILES string of the molecule is CNC(C)C(=O)Nc1nc(-c2ccccc2)c(C(=O)NC[C@@H](NC(=O)[C@@H]2CCCN2C(=O)[C@@H](NC(=O)[C@H](C)NC)C(C)(C)C)c2ccccc2)s1. The lowest BCUT2D eigenvalue weighted by molar-refractivity contribution is -0.144. The van der Waals surface area contributed by atoms with Gasteiger partial charge in [-0.05, 0) is 51.8 Å². The molecule has 1 aliphatic rings. The number of carbonyl (C=O) groups is 5. The Hall–Kier alpha value is -4.66. The highest BCUT2D eigenvalue weighted by Crippen LogP contribution is 2.32. The number of benzene rings is 2. The molecule has 0 aliphatic carbocycles. The van der Waals surface area contributed by atoms with Crippen LogP contribution in [0, 0.1) is 5.41 Å². The van der Waals surface area contributed by atoms with Crippen molar-refractivity contribution in [2.24, 2.45) is 5.41 Å². The van der Waals surface area contributed by atoms with Crippen LogP contribution in [0.5, 0.6) is 0 Å². The van der Waals surface area contributed by atoms with Crippen LogP contribution in [0.3, 0.4) is 0 Å². The number of hydrogen-bond donors (Lipinski definition) is 6. The van der Waals surface area contributed by atoms with Crippen molar-refractivity contribution >= 4 is 46.0 Å². The number of nitrogens with one attached hydrogen (secondary N) is 6. The van der Waals surface area contributed by atoms with Gasteiger partial charge in [0, 0.05) is 18.7 Å². The summed E-state index contributed by atoms with van der Waals surface area (Å²) in [7, 11) is 3.35. The van der Waals surface area contributed by atoms with Crippen LogP contribution in [0.25, 0.3) is 11.3 Å². The highest BCUT2D eigenvalue weighted by molar-refractivity contribution is 7.18. The number of anilines is 1. The van der Waals surface area contributed by atoms with Crippen LogP contribution in [0.1, 0.15) is 68.7 Å². The number of aromatic nitrogens is 1. The first kappa shape index (κ1) is 39.1. The summed E-state index contributed by atoms with van der Waals surface area (Å²) >= 11 is 1.07. The maximum atomic E-state index is 14.0. The molecule has 4 rings (SSSR count). The highest BCUT2D eigenvalue weighted by atomic mass is 32.1. The number of hydrogen-bond acceptors (Lipinski definition) is 9. The Bertz CT molecular complexity index is 1680. The zero-order valence-electron chi connectivity index (χ0n) is 30.3. The van der Waals surface area contributed by atoms with Gasteiger partial charge in [0.1, 0.15) is 17.0 Å². The molecule has 0 saturated carbocycles. The lowest BCUT2D eigenvalue weighted by atomic mass is 9.85. The van der Waals surface area contributed by atoms with Crippen molar-refractivity contribution in [1.82, 2.24) is 36.5 Å². The molecule has 1 saturated heterocycles. The van der Waals surface area contributed by atoms with Gasteiger partial charge in [-0.25, -0.2) is 4.98 Å². The zero-order valence-corrected chi connectivity index (χ0v) is 31.1. The Balaban J connectivity index is 1.54. The number of thiazole rings is 1. The monoisotopic (exact) mass is 718 g/mol. The molecule has 1 aliphatic heterocycles. The number of amides is 5. The van der Waals surface area contributed by atoms with Crippen molar-refractivity contribution in [3.63, 3.8) is 0 Å². The first-order chi connectivity index (χ1) is 24.2. The number of carbonyl (C=O) groups excluding carboxylic acids is 5. The van der Waals surface area contributed by atoms with E-state index >= 15 is 0 Å². The van der Waals surface area contributed by atoms with Crippen molar-refractivity contribution in [3.8, 4) is 11.3 Å². The summed E-state index contributed by atoms with van der Waals surface area (Å²) in [5.74, 6) is -1.66. The van der Waals surface area contributed by atoms with Crippen molar-refractivity contribution in [1.29, 1.82) is 0 Å². The maximum absolute atomic E-state index is 14.0. The van der Waals surface area contributed by atoms with Crippen LogP contribution in [0.4, 0.5) is 5.13 Å². The minimum atomic E-state index is -0.840. The van der Waals surface area contributed by atoms with Crippen LogP contribution < -0.4 is 31.9 Å². The van der Waals surface area contributed by atoms with Gasteiger partial charge in [0.25, 0.3) is 5.91 Å². The molecule has 2 aromatic carbocycles. The van der Waals surface area contributed by atoms with Gasteiger partial charge in [-0.3, -0.25) is 24.0 Å². The number of rotatable bonds is 14. The van der Waals surface area contributed by atoms with Gasteiger partial charge in [0.05, 0.1) is 23.8 Å². The summed E-state index contributed by atoms with van der Waals surface area (Å²) in [6.45, 7) is 9.51. The van der Waals surface area contributed by atoms with Gasteiger partial charge in [0.2, 0.25) is 23.6 Å². The first-order valence-electron chi connectivity index (χ1n) is 17.2. The Morgan fingerprint density at radius 1 is 0.882 bits per heavy atom. The van der Waals surface area contributed by atoms with E-state index in [1.807, 2.05) is 81.4 Å². The van der Waals surface area contributed by atoms with Gasteiger partial charge >= 0.3 is 0 Å². The molecule has 6 N–H and O–H groups in total. The third kappa shape index (κ3) is 9.99. The van der Waals surface area contributed by atoms with Crippen molar-refractivity contribution < 1.29 is 24.0 Å². The Kier molecular flexibility index (Phi) is 13.4. The number of likely N-dealkylation sites (tertiary alicyclic amines) is 1. The van der Waals surface area contributed by atoms with Gasteiger partial charge in [-0.1, -0.05) is 92.8 Å². The van der Waals surface area contributed by atoms with E-state index in [0.717, 1.165) is 16.9 Å². The fourth-order valence-electron chi connectivity index (χ4n) is 5.66. The van der Waals surface area contributed by atoms with Gasteiger partial charge in [-0.2, -0.15) is 0 Å². The molecule has 1 unspecified atom stereocenters. The third-order valence-electron chi connectivity index (χ3n) is 8.99. The quantitative estimate of drug-likeness (QED) is 0.148. The Labute approximate surface area is 303 Å². The minimum absolute atomic E-state index is 0.0441. The Morgan fingerprint density at radius 2 is 1.49 bits per heavy atom. The molecule has 2 heterocycles. The molecule has 13 nitrogen and oxygen atoms in total. The molecule has 1 aromatic heterocycles. The van der Waals surface area contributed by atoms with Gasteiger partial charge in [0.15, 0.2) is 5.13 Å². The molecular formula is C37H50N8O5S. The van der Waals surface area contributed by atoms with E-state index in [1.165, 1.54) is 0 Å². The third-order valence-corrected chi connectivity index (χ3v) is 9.96. The second-order valence-electron chi connectivity index (χ2n) is 13.8. The van der Waals surface area contributed by atoms with Gasteiger partial charge < -0.3 is 36.8 Å². The first-order valence-corrected chi connectivity index (χ1v) is 18.0. The highest BCUT2D eigenvalue weighted by Gasteiger charge is 2.42. The average molecular weight is 719 g/mol. The predicted molar refractivity (Wildman–Crippen MR) is 199 cm³/mol. The van der Waals surface area contributed by atoms with E-state index < -0.39 is 41.5 Å². The summed E-state index contributed by atoms with van der Waals surface area (Å²) < 4.78 is 0. The molecular weight excluding hydrogens is 669 g/mol. The number of nitrogens with zero attached hydrogens (tertiary/aromatic N) is 2. The summed E-state index contributed by atoms with van der Waals surface area (Å²) in [5.41, 5.74) is 1.30. The maximum Gasteiger partial charge on any atom is 0.263 e. The largest absolute Gasteiger partial charge is 0.349 e. The normalized spacial score (nSPS) is 16.8. The van der Waals surface area contributed by atoms with E-state index in [4.69, 9.17) is 0 Å². The van der Waals surface area contributed by atoms with E-state index in [1.54, 1.807) is 32.8 Å². The van der Waals surface area contributed by atoms with Crippen molar-refractivity contribution in [2.75, 3.05) is 32.5 Å². The van der Waals surface area contributed by atoms with Crippen LogP contribution in [0.2, 0.25) is 0 Å². The van der Waals surface area contributed by atoms with E-state index in [0.29, 0.717) is 35.5 Å². The molecule has 0 bridgehead atoms. The molecule has 3 aromatic rings. The average Bonchev–Trinajstić information content (AvgIpc) is 3.79. The van der Waals surface area contributed by atoms with Gasteiger partial charge in [-0.15, -0.1) is 0 Å². The molecule has 274 valence electrons. The summed E-state index contributed by atoms with van der Waals surface area (Å²) in [4.78, 5) is 73.6. The molecule has 0 spiro atoms. The molecule has 0 radical (unpaired) electrons. The second kappa shape index (κ2) is 17.5. The standard InChI is InChI=1S/C37H50N8O5S/c1-22(38-6)31(46)43-30(37(3,4)5)35(50)45-20-14-19-27(45)33(48)41-26(24-15-10-8-11-16-24)21-40-34(49)29-28(25-17-12-9-13-18-25)42-36(51-29)44-32(47)23(2)39-7/h8-13,15-18,22-23,26-27,30,38-39H,14,19-21H2,1-7H3,(H,40,49)(H,41,48)(H,43,46)(H,42,44,47)/t22-,23?,26+,27-,30+/m0/s1. The fourth-order valence-corrected chi connectivity index (χ4v) is 6.57. The van der Waals surface area contributed by atoms with Crippen molar-refractivity contribution in [3.05, 3.63) is 71.1 Å². The molecule has 14 heteroatoms. The molecule has 5 atom stereocenters. The lowest BCUT2D eigenvalue weighted by Gasteiger charge is -2.36. The lowest BCUT2D eigenvalue weighted by Crippen LogP contribution is -2.59. The van der Waals surface area contributed by atoms with Crippen LogP contribution in [0.15, 0.2) is 60.7 Å². The summed E-state index contributed by atoms with van der Waals surface area (Å²) in [5, 5.41) is 17.8. The van der Waals surface area contributed by atoms with E-state index in [2.05, 4.69) is 36.9 Å². The molecule has 5 amide bonds. The zero-order chi connectivity index (χ0) is 37.3. The predicted octanol–water partition coefficient (Wildman–Crippen LogP) is 3.07. The molecule has 51 heavy (non-hydrogen) atoms. The number of likely N-dealkylation sites (N-methyl/N-ethyl adjacent to an activating group) is 2. The van der Waals surface area contributed by atoms with Crippen LogP contribution >= 0.6 is 11.3 Å². The van der Waals surface area contributed by atoms with Crippen LogP contribution in [-0.4, -0.2) is 90.8 Å². The Morgan fingerprint density at radius 3 is 2.10 bits per heavy atom. The second-order valence-corrected chi connectivity index (χ2v) is 14.8. The van der Waals surface area contributed by atoms with E-state index in [-0.39, 0.29) is 35.3 Å². The smallest absolute Gasteiger partial charge is 0.263 e.